The number of nitrogens with one attached hydrogen (secondary N) is 1. The Morgan fingerprint density at radius 2 is 1.10 bits per heavy atom. The van der Waals surface area contributed by atoms with Gasteiger partial charge in [-0.3, -0.25) is 0 Å². The molecule has 0 saturated heterocycles. The molecule has 12 aromatic heterocycles. The maximum atomic E-state index is 11.2. The smallest absolute Gasteiger partial charge is 0.371 e. The minimum Gasteiger partial charge on any atom is -0.495 e. The van der Waals surface area contributed by atoms with Gasteiger partial charge in [0.1, 0.15) is 76.8 Å². The second kappa shape index (κ2) is 27.2. The van der Waals surface area contributed by atoms with Gasteiger partial charge in [0.2, 0.25) is 23.4 Å². The fourth-order valence-electron chi connectivity index (χ4n) is 8.26. The number of methoxy groups -OCH3 is 1. The van der Waals surface area contributed by atoms with Crippen LogP contribution in [0.1, 0.15) is 63.7 Å². The van der Waals surface area contributed by atoms with E-state index >= 15 is 0 Å². The molecule has 0 atom stereocenters. The summed E-state index contributed by atoms with van der Waals surface area (Å²) < 4.78 is 44.0. The zero-order chi connectivity index (χ0) is 61.0. The lowest BCUT2D eigenvalue weighted by atomic mass is 10.0. The Kier molecular flexibility index (Phi) is 18.5. The van der Waals surface area contributed by atoms with Gasteiger partial charge in [-0.1, -0.05) is 23.7 Å². The number of carbonyl (C=O) groups is 3. The number of halogens is 1. The second-order valence-corrected chi connectivity index (χ2v) is 22.5. The number of aromatic nitrogens is 4. The number of hydrogen-bond donors (Lipinski definition) is 4. The Morgan fingerprint density at radius 3 is 1.51 bits per heavy atom. The maximum absolute atomic E-state index is 11.2. The molecule has 432 valence electrons. The fourth-order valence-corrected chi connectivity index (χ4v) is 11.4. The molecule has 0 bridgehead atoms. The van der Waals surface area contributed by atoms with Crippen LogP contribution < -0.4 is 18.9 Å². The molecule has 0 spiro atoms. The third kappa shape index (κ3) is 13.8. The highest BCUT2D eigenvalue weighted by Crippen LogP contribution is 2.40. The molecule has 0 fully saturated rings. The Hall–Kier alpha value is -11.0. The lowest BCUT2D eigenvalue weighted by Gasteiger charge is -2.12. The number of ether oxygens (including phenoxy) is 4. The van der Waals surface area contributed by atoms with E-state index in [-0.39, 0.29) is 64.9 Å². The van der Waals surface area contributed by atoms with Gasteiger partial charge >= 0.3 is 17.9 Å². The molecule has 0 aliphatic rings. The zero-order valence-electron chi connectivity index (χ0n) is 44.6. The maximum Gasteiger partial charge on any atom is 0.371 e. The van der Waals surface area contributed by atoms with E-state index in [1.165, 1.54) is 84.2 Å². The molecule has 0 radical (unpaired) electrons. The molecule has 12 heterocycles. The normalized spacial score (nSPS) is 10.6. The van der Waals surface area contributed by atoms with E-state index < -0.39 is 17.9 Å². The van der Waals surface area contributed by atoms with Crippen LogP contribution in [0.2, 0.25) is 4.34 Å². The number of H-pyrrole nitrogens is 1. The summed E-state index contributed by atoms with van der Waals surface area (Å²) in [6, 6.07) is 35.9. The van der Waals surface area contributed by atoms with Gasteiger partial charge in [-0.15, -0.1) is 45.3 Å². The lowest BCUT2D eigenvalue weighted by molar-refractivity contribution is 0.0654. The second-order valence-electron chi connectivity index (χ2n) is 17.7. The van der Waals surface area contributed by atoms with E-state index in [1.54, 1.807) is 55.2 Å². The number of rotatable bonds is 19. The highest BCUT2D eigenvalue weighted by Gasteiger charge is 2.23. The first-order valence-corrected chi connectivity index (χ1v) is 28.9. The van der Waals surface area contributed by atoms with E-state index in [0.29, 0.717) is 66.4 Å². The Balaban J connectivity index is 0.000000145. The van der Waals surface area contributed by atoms with Crippen molar-refractivity contribution in [1.29, 1.82) is 15.8 Å². The number of aromatic amines is 1. The van der Waals surface area contributed by atoms with E-state index in [4.69, 9.17) is 58.4 Å². The molecule has 4 N–H and O–H groups in total. The molecular formula is C61H38ClN7O14S4. The van der Waals surface area contributed by atoms with Crippen molar-refractivity contribution in [3.8, 4) is 107 Å². The van der Waals surface area contributed by atoms with Gasteiger partial charge in [0.25, 0.3) is 0 Å². The molecule has 0 aliphatic heterocycles. The van der Waals surface area contributed by atoms with E-state index in [2.05, 4.69) is 38.1 Å². The van der Waals surface area contributed by atoms with Crippen molar-refractivity contribution in [3.63, 3.8) is 0 Å². The molecular weight excluding hydrogens is 1220 g/mol. The standard InChI is InChI=1S/C21H15N3O5S.C20H11ClN2O5S.C20H12N2O4S2/c1-27-18-8-16(21(25)26)23-17(18)11-29-20-14(9-22)13(12-4-5-28-10-12)7-15(24-20)19-3-2-6-30-19;21-18-4-3-17(29-18)15-7-13(11-5-6-26-9-11)14(8-22)19(23-15)27-10-12-1-2-16(28-12)20(24)25;21-9-15-14(12-5-6-25-10-12)8-16(17-2-1-7-27-17)22-19(15)26-11-13-3-4-18(28-13)20(23)24/h2-8,10,23H,11H2,1H3,(H,25,26);1-7,9H,10H2,(H,24,25);1-8,10H,11H2,(H,23,24). The fraction of sp³-hybridized carbons (Fsp3) is 0.0656. The number of carboxylic acids is 3. The summed E-state index contributed by atoms with van der Waals surface area (Å²) >= 11 is 11.6. The number of pyridine rings is 3. The molecule has 87 heavy (non-hydrogen) atoms. The van der Waals surface area contributed by atoms with Crippen LogP contribution in [-0.2, 0) is 19.8 Å². The van der Waals surface area contributed by atoms with Crippen LogP contribution in [0.5, 0.6) is 23.4 Å². The number of hydrogen-bond acceptors (Lipinski definition) is 21. The lowest BCUT2D eigenvalue weighted by Crippen LogP contribution is -2.04. The number of furan rings is 4. The van der Waals surface area contributed by atoms with Crippen molar-refractivity contribution in [2.75, 3.05) is 7.11 Å². The van der Waals surface area contributed by atoms with Gasteiger partial charge in [0.15, 0.2) is 0 Å². The molecule has 12 aromatic rings. The summed E-state index contributed by atoms with van der Waals surface area (Å²) in [5.41, 5.74) is 7.17. The third-order valence-corrected chi connectivity index (χ3v) is 16.4. The summed E-state index contributed by atoms with van der Waals surface area (Å²) in [5.74, 6) is -2.39. The van der Waals surface area contributed by atoms with Crippen LogP contribution in [0.25, 0.3) is 65.1 Å². The molecule has 12 rings (SSSR count). The third-order valence-electron chi connectivity index (χ3n) is 12.3. The molecule has 0 unspecified atom stereocenters. The van der Waals surface area contributed by atoms with Crippen molar-refractivity contribution in [1.82, 2.24) is 19.9 Å². The van der Waals surface area contributed by atoms with Crippen LogP contribution in [0, 0.1) is 34.0 Å². The van der Waals surface area contributed by atoms with Gasteiger partial charge in [-0.25, -0.2) is 29.3 Å². The van der Waals surface area contributed by atoms with Gasteiger partial charge < -0.3 is 56.9 Å². The summed E-state index contributed by atoms with van der Waals surface area (Å²) in [7, 11) is 1.44. The first-order chi connectivity index (χ1) is 42.3. The van der Waals surface area contributed by atoms with Gasteiger partial charge in [-0.05, 0) is 95.7 Å². The van der Waals surface area contributed by atoms with Gasteiger partial charge in [-0.2, -0.15) is 15.8 Å². The molecule has 26 heteroatoms. The topological polar surface area (TPSA) is 327 Å². The number of thiophene rings is 4. The Labute approximate surface area is 512 Å². The first kappa shape index (κ1) is 59.2. The summed E-state index contributed by atoms with van der Waals surface area (Å²) in [4.78, 5) is 53.2. The van der Waals surface area contributed by atoms with Crippen LogP contribution in [0.15, 0.2) is 169 Å². The largest absolute Gasteiger partial charge is 0.495 e. The molecule has 0 saturated carbocycles. The van der Waals surface area contributed by atoms with Crippen LogP contribution in [0.3, 0.4) is 0 Å². The van der Waals surface area contributed by atoms with Crippen LogP contribution in [0.4, 0.5) is 0 Å². The zero-order valence-corrected chi connectivity index (χ0v) is 48.6. The SMILES string of the molecule is COc1cc(C(=O)O)[nH]c1COc1nc(-c2cccs2)cc(-c2ccoc2)c1C#N.N#Cc1c(-c2ccoc2)cc(-c2ccc(Cl)s2)nc1OCc1ccc(C(=O)O)o1.N#Cc1c(-c2ccoc2)cc(-c2cccs2)nc1OCc1ccc(C(=O)O)s1. The van der Waals surface area contributed by atoms with Crippen molar-refractivity contribution >= 4 is 74.9 Å². The monoisotopic (exact) mass is 1260 g/mol. The van der Waals surface area contributed by atoms with Crippen molar-refractivity contribution in [3.05, 3.63) is 205 Å². The summed E-state index contributed by atoms with van der Waals surface area (Å²) in [6.45, 7) is -0.0242. The number of carboxylic acid groups (broad SMARTS) is 3. The Bertz CT molecular complexity index is 4510. The average molecular weight is 1260 g/mol. The highest BCUT2D eigenvalue weighted by atomic mass is 35.5. The van der Waals surface area contributed by atoms with E-state index in [1.807, 2.05) is 53.2 Å². The van der Waals surface area contributed by atoms with Crippen molar-refractivity contribution in [2.24, 2.45) is 0 Å². The quantitative estimate of drug-likeness (QED) is 0.0584. The predicted octanol–water partition coefficient (Wildman–Crippen LogP) is 15.3. The van der Waals surface area contributed by atoms with E-state index in [9.17, 15) is 35.3 Å². The van der Waals surface area contributed by atoms with Gasteiger partial charge in [0, 0.05) is 44.3 Å². The van der Waals surface area contributed by atoms with E-state index in [0.717, 1.165) is 42.0 Å². The molecule has 0 aromatic carbocycles. The summed E-state index contributed by atoms with van der Waals surface area (Å²) in [6.07, 6.45) is 9.22. The molecule has 21 nitrogen and oxygen atoms in total. The van der Waals surface area contributed by atoms with Crippen molar-refractivity contribution in [2.45, 2.75) is 19.8 Å². The number of nitrogens with zero attached hydrogens (tertiary/aromatic N) is 6. The highest BCUT2D eigenvalue weighted by molar-refractivity contribution is 7.19. The molecule has 0 aliphatic carbocycles. The number of nitriles is 3. The predicted molar refractivity (Wildman–Crippen MR) is 319 cm³/mol. The van der Waals surface area contributed by atoms with Gasteiger partial charge in [0.05, 0.1) is 86.4 Å². The minimum absolute atomic E-state index is 0.0228. The average Bonchev–Trinajstić information content (AvgIpc) is 3.08. The van der Waals surface area contributed by atoms with Crippen LogP contribution in [-0.4, -0.2) is 60.3 Å². The summed E-state index contributed by atoms with van der Waals surface area (Å²) in [5, 5.41) is 60.3. The van der Waals surface area contributed by atoms with Crippen molar-refractivity contribution < 1.29 is 66.3 Å². The minimum atomic E-state index is -1.18. The van der Waals surface area contributed by atoms with Crippen LogP contribution >= 0.6 is 56.9 Å². The molecule has 0 amide bonds. The first-order valence-electron chi connectivity index (χ1n) is 25.1. The Morgan fingerprint density at radius 1 is 0.586 bits per heavy atom. The number of aromatic carboxylic acids is 3.